The molecule has 1 aliphatic heterocycles. The van der Waals surface area contributed by atoms with Crippen LogP contribution in [0.5, 0.6) is 11.5 Å². The van der Waals surface area contributed by atoms with Crippen molar-refractivity contribution in [3.05, 3.63) is 36.4 Å². The molecule has 3 aromatic rings. The minimum atomic E-state index is -1.24. The predicted molar refractivity (Wildman–Crippen MR) is 100 cm³/mol. The Labute approximate surface area is 164 Å². The first-order valence-corrected chi connectivity index (χ1v) is 9.04. The highest BCUT2D eigenvalue weighted by atomic mass is 16.6. The highest BCUT2D eigenvalue weighted by molar-refractivity contribution is 5.82. The molecule has 1 aromatic carbocycles. The zero-order valence-corrected chi connectivity index (χ0v) is 15.3. The lowest BCUT2D eigenvalue weighted by Crippen LogP contribution is -2.33. The summed E-state index contributed by atoms with van der Waals surface area (Å²) in [5.41, 5.74) is 1.69. The number of benzene rings is 1. The number of rotatable bonds is 6. The lowest BCUT2D eigenvalue weighted by atomic mass is 10.1. The maximum absolute atomic E-state index is 10.2. The topological polar surface area (TPSA) is 166 Å². The van der Waals surface area contributed by atoms with Gasteiger partial charge in [-0.2, -0.15) is 0 Å². The highest BCUT2D eigenvalue weighted by Crippen LogP contribution is 2.32. The SMILES string of the molecule is OC[C@@H]1O[C@@H](n2cnc3c(NCCc4ccc(O)c(O)c4)ncnc32)[C@@H](O)[C@@H]1O. The lowest BCUT2D eigenvalue weighted by Gasteiger charge is -2.16. The van der Waals surface area contributed by atoms with Gasteiger partial charge in [0.25, 0.3) is 0 Å². The molecule has 11 heteroatoms. The molecule has 1 fully saturated rings. The van der Waals surface area contributed by atoms with Crippen molar-refractivity contribution in [2.75, 3.05) is 18.5 Å². The molecular weight excluding hydrogens is 382 g/mol. The van der Waals surface area contributed by atoms with Gasteiger partial charge in [0.05, 0.1) is 12.9 Å². The molecule has 0 spiro atoms. The Bertz CT molecular complexity index is 1010. The molecule has 6 N–H and O–H groups in total. The molecule has 0 unspecified atom stereocenters. The highest BCUT2D eigenvalue weighted by Gasteiger charge is 2.44. The van der Waals surface area contributed by atoms with E-state index in [9.17, 15) is 25.5 Å². The van der Waals surface area contributed by atoms with E-state index in [2.05, 4.69) is 20.3 Å². The van der Waals surface area contributed by atoms with E-state index in [4.69, 9.17) is 4.74 Å². The normalized spacial score (nSPS) is 24.2. The van der Waals surface area contributed by atoms with E-state index < -0.39 is 31.1 Å². The van der Waals surface area contributed by atoms with Crippen molar-refractivity contribution in [1.29, 1.82) is 0 Å². The van der Waals surface area contributed by atoms with E-state index >= 15 is 0 Å². The van der Waals surface area contributed by atoms with Gasteiger partial charge < -0.3 is 35.6 Å². The number of fused-ring (bicyclic) bond motifs is 1. The number of phenolic OH excluding ortho intramolecular Hbond substituents is 2. The van der Waals surface area contributed by atoms with Crippen molar-refractivity contribution in [3.63, 3.8) is 0 Å². The number of hydrogen-bond acceptors (Lipinski definition) is 10. The Morgan fingerprint density at radius 2 is 1.90 bits per heavy atom. The molecular formula is C18H21N5O6. The number of phenols is 2. The van der Waals surface area contributed by atoms with Crippen molar-refractivity contribution in [2.24, 2.45) is 0 Å². The molecule has 4 rings (SSSR count). The number of anilines is 1. The standard InChI is InChI=1S/C18H21N5O6/c24-6-12-14(27)15(28)18(29-12)23-8-22-13-16(20-7-21-17(13)23)19-4-3-9-1-2-10(25)11(26)5-9/h1-2,5,7-8,12,14-15,18,24-28H,3-4,6H2,(H,19,20,21)/t12-,14+,15-,18+/m0/s1. The number of aromatic nitrogens is 4. The molecule has 11 nitrogen and oxygen atoms in total. The molecule has 1 saturated heterocycles. The number of nitrogens with zero attached hydrogens (tertiary/aromatic N) is 4. The fourth-order valence-electron chi connectivity index (χ4n) is 3.33. The van der Waals surface area contributed by atoms with Gasteiger partial charge in [0.15, 0.2) is 34.7 Å². The number of hydrogen-bond donors (Lipinski definition) is 6. The van der Waals surface area contributed by atoms with E-state index in [1.165, 1.54) is 29.4 Å². The predicted octanol–water partition coefficient (Wildman–Crippen LogP) is -0.496. The zero-order valence-electron chi connectivity index (χ0n) is 15.3. The third kappa shape index (κ3) is 3.56. The molecule has 0 amide bonds. The molecule has 3 heterocycles. The summed E-state index contributed by atoms with van der Waals surface area (Å²) in [6, 6.07) is 4.63. The van der Waals surface area contributed by atoms with E-state index in [-0.39, 0.29) is 11.5 Å². The first-order chi connectivity index (χ1) is 14.0. The maximum atomic E-state index is 10.2. The van der Waals surface area contributed by atoms with Crippen molar-refractivity contribution in [2.45, 2.75) is 31.0 Å². The smallest absolute Gasteiger partial charge is 0.167 e. The van der Waals surface area contributed by atoms with Crippen molar-refractivity contribution in [1.82, 2.24) is 19.5 Å². The van der Waals surface area contributed by atoms with Crippen LogP contribution >= 0.6 is 0 Å². The first kappa shape index (κ1) is 19.3. The first-order valence-electron chi connectivity index (χ1n) is 9.04. The number of aliphatic hydroxyl groups excluding tert-OH is 3. The van der Waals surface area contributed by atoms with Gasteiger partial charge in [-0.1, -0.05) is 6.07 Å². The third-order valence-electron chi connectivity index (χ3n) is 4.90. The zero-order chi connectivity index (χ0) is 20.5. The quantitative estimate of drug-likeness (QED) is 0.295. The van der Waals surface area contributed by atoms with E-state index in [1.807, 2.05) is 0 Å². The van der Waals surface area contributed by atoms with Crippen LogP contribution in [0.2, 0.25) is 0 Å². The second-order valence-corrected chi connectivity index (χ2v) is 6.78. The summed E-state index contributed by atoms with van der Waals surface area (Å²) in [4.78, 5) is 12.7. The Morgan fingerprint density at radius 1 is 1.07 bits per heavy atom. The molecule has 0 saturated carbocycles. The molecule has 154 valence electrons. The van der Waals surface area contributed by atoms with Crippen LogP contribution in [-0.4, -0.2) is 76.5 Å². The van der Waals surface area contributed by atoms with E-state index in [1.54, 1.807) is 6.07 Å². The van der Waals surface area contributed by atoms with Gasteiger partial charge in [-0.25, -0.2) is 15.0 Å². The maximum Gasteiger partial charge on any atom is 0.167 e. The fraction of sp³-hybridized carbons (Fsp3) is 0.389. The van der Waals surface area contributed by atoms with Gasteiger partial charge in [0.1, 0.15) is 24.6 Å². The van der Waals surface area contributed by atoms with Gasteiger partial charge in [-0.05, 0) is 24.1 Å². The average Bonchev–Trinajstić information content (AvgIpc) is 3.26. The molecule has 0 aliphatic carbocycles. The molecule has 4 atom stereocenters. The number of nitrogens with one attached hydrogen (secondary N) is 1. The minimum Gasteiger partial charge on any atom is -0.504 e. The molecule has 2 aromatic heterocycles. The van der Waals surface area contributed by atoms with Crippen LogP contribution < -0.4 is 5.32 Å². The van der Waals surface area contributed by atoms with Crippen LogP contribution in [0.25, 0.3) is 11.2 Å². The third-order valence-corrected chi connectivity index (χ3v) is 4.90. The molecule has 0 bridgehead atoms. The van der Waals surface area contributed by atoms with Gasteiger partial charge in [-0.3, -0.25) is 4.57 Å². The van der Waals surface area contributed by atoms with Crippen molar-refractivity contribution >= 4 is 17.0 Å². The summed E-state index contributed by atoms with van der Waals surface area (Å²) in [6.07, 6.45) is -0.945. The van der Waals surface area contributed by atoms with Gasteiger partial charge in [-0.15, -0.1) is 0 Å². The largest absolute Gasteiger partial charge is 0.504 e. The summed E-state index contributed by atoms with van der Waals surface area (Å²) in [6.45, 7) is 0.0625. The van der Waals surface area contributed by atoms with Crippen LogP contribution in [0.4, 0.5) is 5.82 Å². The summed E-state index contributed by atoms with van der Waals surface area (Å²) < 4.78 is 7.03. The molecule has 29 heavy (non-hydrogen) atoms. The van der Waals surface area contributed by atoms with Crippen LogP contribution in [0, 0.1) is 0 Å². The van der Waals surface area contributed by atoms with Gasteiger partial charge >= 0.3 is 0 Å². The van der Waals surface area contributed by atoms with Gasteiger partial charge in [0.2, 0.25) is 0 Å². The van der Waals surface area contributed by atoms with Crippen LogP contribution in [0.3, 0.4) is 0 Å². The van der Waals surface area contributed by atoms with E-state index in [0.717, 1.165) is 5.56 Å². The van der Waals surface area contributed by atoms with Crippen LogP contribution in [-0.2, 0) is 11.2 Å². The van der Waals surface area contributed by atoms with Crippen molar-refractivity contribution < 1.29 is 30.3 Å². The minimum absolute atomic E-state index is 0.172. The number of ether oxygens (including phenoxy) is 1. The van der Waals surface area contributed by atoms with Crippen LogP contribution in [0.1, 0.15) is 11.8 Å². The van der Waals surface area contributed by atoms with Crippen molar-refractivity contribution in [3.8, 4) is 11.5 Å². The average molecular weight is 403 g/mol. The summed E-state index contributed by atoms with van der Waals surface area (Å²) in [5, 5.41) is 51.6. The fourth-order valence-corrected chi connectivity index (χ4v) is 3.33. The van der Waals surface area contributed by atoms with Gasteiger partial charge in [0, 0.05) is 6.54 Å². The second kappa shape index (κ2) is 7.79. The summed E-state index contributed by atoms with van der Waals surface area (Å²) >= 11 is 0. The van der Waals surface area contributed by atoms with E-state index in [0.29, 0.717) is 29.9 Å². The summed E-state index contributed by atoms with van der Waals surface area (Å²) in [5.74, 6) is 0.127. The van der Waals surface area contributed by atoms with Crippen LogP contribution in [0.15, 0.2) is 30.9 Å². The number of aliphatic hydroxyl groups is 3. The Hall–Kier alpha value is -2.99. The second-order valence-electron chi connectivity index (χ2n) is 6.78. The summed E-state index contributed by atoms with van der Waals surface area (Å²) in [7, 11) is 0. The number of aromatic hydroxyl groups is 2. The molecule has 0 radical (unpaired) electrons. The number of imidazole rings is 1. The molecule has 1 aliphatic rings. The Kier molecular flexibility index (Phi) is 5.20. The monoisotopic (exact) mass is 403 g/mol. The Morgan fingerprint density at radius 3 is 2.62 bits per heavy atom. The lowest BCUT2D eigenvalue weighted by molar-refractivity contribution is -0.0511. The Balaban J connectivity index is 1.51.